The maximum Gasteiger partial charge on any atom is 0.227 e. The summed E-state index contributed by atoms with van der Waals surface area (Å²) in [6.07, 6.45) is 4.95. The number of nitrogens with zero attached hydrogens (tertiary/aromatic N) is 3. The first-order valence-electron chi connectivity index (χ1n) is 6.39. The van der Waals surface area contributed by atoms with E-state index in [2.05, 4.69) is 18.9 Å². The van der Waals surface area contributed by atoms with Gasteiger partial charge < -0.3 is 10.6 Å². The highest BCUT2D eigenvalue weighted by molar-refractivity contribution is 5.78. The number of aromatic nitrogens is 2. The van der Waals surface area contributed by atoms with Crippen LogP contribution in [0.3, 0.4) is 0 Å². The molecule has 1 aromatic heterocycles. The summed E-state index contributed by atoms with van der Waals surface area (Å²) in [5.41, 5.74) is 7.05. The Balaban J connectivity index is 1.98. The van der Waals surface area contributed by atoms with Crippen LogP contribution in [-0.2, 0) is 18.3 Å². The third-order valence-corrected chi connectivity index (χ3v) is 3.78. The average Bonchev–Trinajstić information content (AvgIpc) is 2.68. The Labute approximate surface area is 108 Å². The van der Waals surface area contributed by atoms with E-state index in [1.165, 1.54) is 0 Å². The first-order chi connectivity index (χ1) is 8.38. The highest BCUT2D eigenvalue weighted by atomic mass is 16.2. The lowest BCUT2D eigenvalue weighted by Gasteiger charge is -2.42. The lowest BCUT2D eigenvalue weighted by molar-refractivity contribution is -0.133. The van der Waals surface area contributed by atoms with Crippen LogP contribution in [0.4, 0.5) is 0 Å². The van der Waals surface area contributed by atoms with Crippen LogP contribution < -0.4 is 5.73 Å². The predicted molar refractivity (Wildman–Crippen MR) is 69.9 cm³/mol. The molecule has 1 fully saturated rings. The molecule has 5 heteroatoms. The predicted octanol–water partition coefficient (Wildman–Crippen LogP) is 0.548. The average molecular weight is 250 g/mol. The summed E-state index contributed by atoms with van der Waals surface area (Å²) in [5.74, 6) is 0.169. The molecular formula is C13H22N4O. The number of rotatable bonds is 2. The fraction of sp³-hybridized carbons (Fsp3) is 0.692. The zero-order valence-electron chi connectivity index (χ0n) is 11.4. The van der Waals surface area contributed by atoms with Crippen molar-refractivity contribution in [3.63, 3.8) is 0 Å². The molecule has 2 heterocycles. The van der Waals surface area contributed by atoms with Gasteiger partial charge in [0.2, 0.25) is 5.91 Å². The zero-order valence-corrected chi connectivity index (χ0v) is 11.4. The summed E-state index contributed by atoms with van der Waals surface area (Å²) < 4.78 is 1.72. The van der Waals surface area contributed by atoms with Crippen molar-refractivity contribution in [2.45, 2.75) is 32.7 Å². The van der Waals surface area contributed by atoms with Crippen LogP contribution in [0.1, 0.15) is 25.8 Å². The lowest BCUT2D eigenvalue weighted by atomic mass is 9.79. The van der Waals surface area contributed by atoms with E-state index in [4.69, 9.17) is 5.73 Å². The smallest absolute Gasteiger partial charge is 0.227 e. The first kappa shape index (κ1) is 13.1. The van der Waals surface area contributed by atoms with Gasteiger partial charge in [-0.15, -0.1) is 0 Å². The topological polar surface area (TPSA) is 64.2 Å². The summed E-state index contributed by atoms with van der Waals surface area (Å²) in [5, 5.41) is 4.08. The number of piperidine rings is 1. The minimum Gasteiger partial charge on any atom is -0.342 e. The number of nitrogens with two attached hydrogens (primary N) is 1. The number of amides is 1. The number of carbonyl (C=O) groups is 1. The van der Waals surface area contributed by atoms with E-state index >= 15 is 0 Å². The molecule has 2 N–H and O–H groups in total. The van der Waals surface area contributed by atoms with Crippen LogP contribution in [-0.4, -0.2) is 39.7 Å². The molecule has 1 aliphatic rings. The number of likely N-dealkylation sites (tertiary alicyclic amines) is 1. The number of carbonyl (C=O) groups excluding carboxylic acids is 1. The molecule has 18 heavy (non-hydrogen) atoms. The van der Waals surface area contributed by atoms with Crippen molar-refractivity contribution in [1.82, 2.24) is 14.7 Å². The molecule has 1 amide bonds. The molecule has 1 saturated heterocycles. The van der Waals surface area contributed by atoms with Gasteiger partial charge >= 0.3 is 0 Å². The monoisotopic (exact) mass is 250 g/mol. The van der Waals surface area contributed by atoms with Crippen LogP contribution in [0.25, 0.3) is 0 Å². The van der Waals surface area contributed by atoms with Gasteiger partial charge in [0.05, 0.1) is 12.6 Å². The molecule has 0 aliphatic carbocycles. The van der Waals surface area contributed by atoms with Gasteiger partial charge in [0.15, 0.2) is 0 Å². The van der Waals surface area contributed by atoms with E-state index < -0.39 is 0 Å². The van der Waals surface area contributed by atoms with Crippen molar-refractivity contribution in [3.8, 4) is 0 Å². The van der Waals surface area contributed by atoms with Gasteiger partial charge in [0, 0.05) is 32.4 Å². The Kier molecular flexibility index (Phi) is 3.43. The van der Waals surface area contributed by atoms with E-state index in [0.29, 0.717) is 6.42 Å². The van der Waals surface area contributed by atoms with Crippen LogP contribution in [0, 0.1) is 5.41 Å². The fourth-order valence-electron chi connectivity index (χ4n) is 2.44. The molecule has 1 aromatic rings. The summed E-state index contributed by atoms with van der Waals surface area (Å²) in [4.78, 5) is 14.1. The molecular weight excluding hydrogens is 228 g/mol. The highest BCUT2D eigenvalue weighted by Gasteiger charge is 2.35. The van der Waals surface area contributed by atoms with Crippen LogP contribution in [0.15, 0.2) is 12.4 Å². The minimum atomic E-state index is 0.00283. The standard InChI is InChI=1S/C13H22N4O/c1-13(2)9-17(5-4-11(13)14)12(18)6-10-7-15-16(3)8-10/h7-8,11H,4-6,9,14H2,1-3H3. The van der Waals surface area contributed by atoms with Gasteiger partial charge in [-0.1, -0.05) is 13.8 Å². The fourth-order valence-corrected chi connectivity index (χ4v) is 2.44. The lowest BCUT2D eigenvalue weighted by Crippen LogP contribution is -2.54. The van der Waals surface area contributed by atoms with E-state index in [-0.39, 0.29) is 17.4 Å². The summed E-state index contributed by atoms with van der Waals surface area (Å²) >= 11 is 0. The van der Waals surface area contributed by atoms with Gasteiger partial charge in [0.1, 0.15) is 0 Å². The van der Waals surface area contributed by atoms with Crippen molar-refractivity contribution in [2.75, 3.05) is 13.1 Å². The van der Waals surface area contributed by atoms with Gasteiger partial charge in [-0.3, -0.25) is 9.48 Å². The van der Waals surface area contributed by atoms with Crippen molar-refractivity contribution < 1.29 is 4.79 Å². The van der Waals surface area contributed by atoms with E-state index in [0.717, 1.165) is 25.1 Å². The van der Waals surface area contributed by atoms with Crippen molar-refractivity contribution in [2.24, 2.45) is 18.2 Å². The molecule has 1 aliphatic heterocycles. The molecule has 1 atom stereocenters. The molecule has 100 valence electrons. The zero-order chi connectivity index (χ0) is 13.3. The quantitative estimate of drug-likeness (QED) is 0.833. The molecule has 0 radical (unpaired) electrons. The third kappa shape index (κ3) is 2.72. The Hall–Kier alpha value is -1.36. The summed E-state index contributed by atoms with van der Waals surface area (Å²) in [6.45, 7) is 5.76. The Morgan fingerprint density at radius 1 is 1.61 bits per heavy atom. The second-order valence-corrected chi connectivity index (χ2v) is 5.90. The normalized spacial score (nSPS) is 23.1. The first-order valence-corrected chi connectivity index (χ1v) is 6.39. The van der Waals surface area contributed by atoms with Crippen LogP contribution in [0.5, 0.6) is 0 Å². The van der Waals surface area contributed by atoms with E-state index in [1.54, 1.807) is 10.9 Å². The van der Waals surface area contributed by atoms with Crippen LogP contribution in [0.2, 0.25) is 0 Å². The van der Waals surface area contributed by atoms with Crippen molar-refractivity contribution >= 4 is 5.91 Å². The van der Waals surface area contributed by atoms with E-state index in [9.17, 15) is 4.79 Å². The molecule has 2 rings (SSSR count). The maximum atomic E-state index is 12.2. The Morgan fingerprint density at radius 3 is 2.89 bits per heavy atom. The molecule has 0 aromatic carbocycles. The molecule has 5 nitrogen and oxygen atoms in total. The van der Waals surface area contributed by atoms with Gasteiger partial charge in [0.25, 0.3) is 0 Å². The largest absolute Gasteiger partial charge is 0.342 e. The Morgan fingerprint density at radius 2 is 2.33 bits per heavy atom. The van der Waals surface area contributed by atoms with Crippen molar-refractivity contribution in [3.05, 3.63) is 18.0 Å². The number of hydrogen-bond donors (Lipinski definition) is 1. The number of aryl methyl sites for hydroxylation is 1. The summed E-state index contributed by atoms with van der Waals surface area (Å²) in [7, 11) is 1.86. The highest BCUT2D eigenvalue weighted by Crippen LogP contribution is 2.27. The van der Waals surface area contributed by atoms with E-state index in [1.807, 2.05) is 18.1 Å². The van der Waals surface area contributed by atoms with Crippen molar-refractivity contribution in [1.29, 1.82) is 0 Å². The third-order valence-electron chi connectivity index (χ3n) is 3.78. The van der Waals surface area contributed by atoms with Gasteiger partial charge in [-0.25, -0.2) is 0 Å². The second kappa shape index (κ2) is 4.72. The maximum absolute atomic E-state index is 12.2. The Bertz CT molecular complexity index is 438. The molecule has 1 unspecified atom stereocenters. The summed E-state index contributed by atoms with van der Waals surface area (Å²) in [6, 6.07) is 0.181. The molecule has 0 saturated carbocycles. The molecule has 0 bridgehead atoms. The van der Waals surface area contributed by atoms with Crippen LogP contribution >= 0.6 is 0 Å². The van der Waals surface area contributed by atoms with Gasteiger partial charge in [-0.05, 0) is 17.4 Å². The van der Waals surface area contributed by atoms with Gasteiger partial charge in [-0.2, -0.15) is 5.10 Å². The molecule has 0 spiro atoms. The number of hydrogen-bond acceptors (Lipinski definition) is 3. The second-order valence-electron chi connectivity index (χ2n) is 5.90. The minimum absolute atomic E-state index is 0.00283. The SMILES string of the molecule is Cn1cc(CC(=O)N2CCC(N)C(C)(C)C2)cn1.